The van der Waals surface area contributed by atoms with Gasteiger partial charge in [-0.05, 0) is 47.9 Å². The molecule has 0 spiro atoms. The van der Waals surface area contributed by atoms with E-state index in [9.17, 15) is 4.39 Å². The van der Waals surface area contributed by atoms with E-state index in [0.29, 0.717) is 30.5 Å². The normalized spacial score (nSPS) is 11.6. The van der Waals surface area contributed by atoms with E-state index in [4.69, 9.17) is 15.2 Å². The van der Waals surface area contributed by atoms with Crippen LogP contribution in [0.2, 0.25) is 0 Å². The molecule has 6 nitrogen and oxygen atoms in total. The van der Waals surface area contributed by atoms with Crippen LogP contribution >= 0.6 is 0 Å². The number of rotatable bonds is 7. The second-order valence-electron chi connectivity index (χ2n) is 6.07. The Morgan fingerprint density at radius 3 is 2.74 bits per heavy atom. The molecule has 0 fully saturated rings. The van der Waals surface area contributed by atoms with E-state index >= 15 is 0 Å². The lowest BCUT2D eigenvalue weighted by Crippen LogP contribution is -2.33. The number of benzene rings is 2. The monoisotopic (exact) mass is 370 g/mol. The zero-order chi connectivity index (χ0) is 19.2. The minimum absolute atomic E-state index is 0.249. The fraction of sp³-hybridized carbons (Fsp3) is 0.250. The summed E-state index contributed by atoms with van der Waals surface area (Å²) in [7, 11) is 3.20. The molecule has 0 atom stereocenters. The summed E-state index contributed by atoms with van der Waals surface area (Å²) < 4.78 is 23.7. The molecule has 0 radical (unpaired) electrons. The molecular formula is C20H23FN4O2. The Balaban J connectivity index is 1.55. The molecule has 0 aliphatic carbocycles. The molecule has 0 saturated heterocycles. The summed E-state index contributed by atoms with van der Waals surface area (Å²) in [6, 6.07) is 10.4. The fourth-order valence-electron chi connectivity index (χ4n) is 2.90. The third-order valence-corrected chi connectivity index (χ3v) is 4.31. The van der Waals surface area contributed by atoms with Gasteiger partial charge in [0.2, 0.25) is 0 Å². The Kier molecular flexibility index (Phi) is 5.80. The van der Waals surface area contributed by atoms with Crippen molar-refractivity contribution in [3.63, 3.8) is 0 Å². The van der Waals surface area contributed by atoms with E-state index in [2.05, 4.69) is 15.3 Å². The average Bonchev–Trinajstić information content (AvgIpc) is 3.08. The smallest absolute Gasteiger partial charge is 0.188 e. The van der Waals surface area contributed by atoms with E-state index < -0.39 is 0 Å². The van der Waals surface area contributed by atoms with Crippen LogP contribution < -0.4 is 20.5 Å². The number of nitrogens with zero attached hydrogens (tertiary/aromatic N) is 1. The van der Waals surface area contributed by atoms with Gasteiger partial charge in [-0.25, -0.2) is 9.38 Å². The van der Waals surface area contributed by atoms with Crippen LogP contribution in [0.4, 0.5) is 4.39 Å². The molecule has 7 heteroatoms. The van der Waals surface area contributed by atoms with Crippen LogP contribution in [0, 0.1) is 5.82 Å². The molecule has 1 heterocycles. The number of aliphatic imine (C=N–C) groups is 1. The summed E-state index contributed by atoms with van der Waals surface area (Å²) in [6.07, 6.45) is 2.64. The largest absolute Gasteiger partial charge is 0.493 e. The number of H-pyrrole nitrogens is 1. The molecule has 2 aromatic carbocycles. The second-order valence-corrected chi connectivity index (χ2v) is 6.07. The Morgan fingerprint density at radius 2 is 1.96 bits per heavy atom. The number of ether oxygens (including phenoxy) is 2. The number of hydrogen-bond acceptors (Lipinski definition) is 3. The number of methoxy groups -OCH3 is 2. The van der Waals surface area contributed by atoms with Crippen molar-refractivity contribution >= 4 is 16.9 Å². The first-order valence-corrected chi connectivity index (χ1v) is 8.61. The third-order valence-electron chi connectivity index (χ3n) is 4.31. The van der Waals surface area contributed by atoms with Gasteiger partial charge in [0, 0.05) is 23.6 Å². The van der Waals surface area contributed by atoms with E-state index in [1.165, 1.54) is 12.1 Å². The van der Waals surface area contributed by atoms with Crippen LogP contribution in [-0.4, -0.2) is 31.7 Å². The zero-order valence-corrected chi connectivity index (χ0v) is 15.4. The second kappa shape index (κ2) is 8.44. The summed E-state index contributed by atoms with van der Waals surface area (Å²) in [5.41, 5.74) is 8.81. The number of nitrogens with one attached hydrogen (secondary N) is 2. The van der Waals surface area contributed by atoms with Gasteiger partial charge in [-0.2, -0.15) is 0 Å². The number of guanidine groups is 1. The highest BCUT2D eigenvalue weighted by atomic mass is 19.1. The van der Waals surface area contributed by atoms with E-state index in [0.717, 1.165) is 28.5 Å². The maximum Gasteiger partial charge on any atom is 0.188 e. The standard InChI is InChI=1S/C20H23FN4O2/c1-26-18-6-3-13(9-19(18)27-2)11-25-20(22)23-8-7-14-12-24-17-10-15(21)4-5-16(14)17/h3-6,9-10,12,24H,7-8,11H2,1-2H3,(H3,22,23,25). The van der Waals surface area contributed by atoms with Crippen molar-refractivity contribution in [2.75, 3.05) is 20.8 Å². The van der Waals surface area contributed by atoms with Crippen LogP contribution in [0.25, 0.3) is 10.9 Å². The van der Waals surface area contributed by atoms with Crippen molar-refractivity contribution < 1.29 is 13.9 Å². The van der Waals surface area contributed by atoms with Crippen LogP contribution in [-0.2, 0) is 13.0 Å². The van der Waals surface area contributed by atoms with E-state index in [-0.39, 0.29) is 5.82 Å². The Bertz CT molecular complexity index is 952. The molecule has 3 rings (SSSR count). The molecule has 0 bridgehead atoms. The molecule has 27 heavy (non-hydrogen) atoms. The number of nitrogens with two attached hydrogens (primary N) is 1. The van der Waals surface area contributed by atoms with Crippen molar-refractivity contribution in [3.8, 4) is 11.5 Å². The molecule has 142 valence electrons. The van der Waals surface area contributed by atoms with Gasteiger partial charge >= 0.3 is 0 Å². The zero-order valence-electron chi connectivity index (χ0n) is 15.4. The first-order chi connectivity index (χ1) is 13.1. The SMILES string of the molecule is COc1ccc(CN=C(N)NCCc2c[nH]c3cc(F)ccc23)cc1OC. The van der Waals surface area contributed by atoms with Gasteiger partial charge in [-0.1, -0.05) is 6.07 Å². The molecule has 1 aromatic heterocycles. The molecule has 0 amide bonds. The minimum Gasteiger partial charge on any atom is -0.493 e. The number of aromatic nitrogens is 1. The molecule has 3 aromatic rings. The number of hydrogen-bond donors (Lipinski definition) is 3. The van der Waals surface area contributed by atoms with Crippen LogP contribution in [0.5, 0.6) is 11.5 Å². The fourth-order valence-corrected chi connectivity index (χ4v) is 2.90. The Labute approximate surface area is 157 Å². The highest BCUT2D eigenvalue weighted by molar-refractivity contribution is 5.83. The number of fused-ring (bicyclic) bond motifs is 1. The van der Waals surface area contributed by atoms with Gasteiger partial charge < -0.3 is 25.5 Å². The third kappa shape index (κ3) is 4.49. The average molecular weight is 370 g/mol. The van der Waals surface area contributed by atoms with Crippen molar-refractivity contribution in [1.29, 1.82) is 0 Å². The highest BCUT2D eigenvalue weighted by Crippen LogP contribution is 2.27. The molecule has 0 aliphatic heterocycles. The Morgan fingerprint density at radius 1 is 1.15 bits per heavy atom. The van der Waals surface area contributed by atoms with E-state index in [1.807, 2.05) is 24.4 Å². The van der Waals surface area contributed by atoms with Gasteiger partial charge in [0.15, 0.2) is 17.5 Å². The van der Waals surface area contributed by atoms with Crippen molar-refractivity contribution in [2.45, 2.75) is 13.0 Å². The van der Waals surface area contributed by atoms with Crippen LogP contribution in [0.15, 0.2) is 47.6 Å². The van der Waals surface area contributed by atoms with E-state index in [1.54, 1.807) is 20.3 Å². The lowest BCUT2D eigenvalue weighted by Gasteiger charge is -2.09. The lowest BCUT2D eigenvalue weighted by molar-refractivity contribution is 0.354. The summed E-state index contributed by atoms with van der Waals surface area (Å²) in [5.74, 6) is 1.46. The van der Waals surface area contributed by atoms with Crippen molar-refractivity contribution in [2.24, 2.45) is 10.7 Å². The summed E-state index contributed by atoms with van der Waals surface area (Å²) in [6.45, 7) is 1.07. The predicted octanol–water partition coefficient (Wildman–Crippen LogP) is 2.97. The van der Waals surface area contributed by atoms with Gasteiger partial charge in [0.1, 0.15) is 5.82 Å². The maximum atomic E-state index is 13.2. The quantitative estimate of drug-likeness (QED) is 0.441. The van der Waals surface area contributed by atoms with Gasteiger partial charge in [-0.15, -0.1) is 0 Å². The number of halogens is 1. The summed E-state index contributed by atoms with van der Waals surface area (Å²) in [5, 5.41) is 4.12. The maximum absolute atomic E-state index is 13.2. The van der Waals surface area contributed by atoms with Crippen molar-refractivity contribution in [3.05, 3.63) is 59.5 Å². The number of aromatic amines is 1. The molecule has 4 N–H and O–H groups in total. The molecule has 0 aliphatic rings. The van der Waals surface area contributed by atoms with Crippen molar-refractivity contribution in [1.82, 2.24) is 10.3 Å². The van der Waals surface area contributed by atoms with Gasteiger partial charge in [0.05, 0.1) is 20.8 Å². The topological polar surface area (TPSA) is 84.7 Å². The van der Waals surface area contributed by atoms with Gasteiger partial charge in [-0.3, -0.25) is 0 Å². The van der Waals surface area contributed by atoms with Crippen LogP contribution in [0.1, 0.15) is 11.1 Å². The molecule has 0 saturated carbocycles. The lowest BCUT2D eigenvalue weighted by atomic mass is 10.1. The predicted molar refractivity (Wildman–Crippen MR) is 105 cm³/mol. The van der Waals surface area contributed by atoms with Crippen LogP contribution in [0.3, 0.4) is 0 Å². The first kappa shape index (κ1) is 18.6. The molecular weight excluding hydrogens is 347 g/mol. The van der Waals surface area contributed by atoms with Gasteiger partial charge in [0.25, 0.3) is 0 Å². The summed E-state index contributed by atoms with van der Waals surface area (Å²) >= 11 is 0. The highest BCUT2D eigenvalue weighted by Gasteiger charge is 2.06. The first-order valence-electron chi connectivity index (χ1n) is 8.61. The minimum atomic E-state index is -0.249. The Hall–Kier alpha value is -3.22. The molecule has 0 unspecified atom stereocenters. The summed E-state index contributed by atoms with van der Waals surface area (Å²) in [4.78, 5) is 7.43.